The number of para-hydroxylation sites is 1. The number of pyridine rings is 2. The molecule has 1 aliphatic rings. The third-order valence-corrected chi connectivity index (χ3v) is 6.77. The van der Waals surface area contributed by atoms with E-state index in [4.69, 9.17) is 5.73 Å². The first kappa shape index (κ1) is 21.6. The first-order chi connectivity index (χ1) is 15.0. The summed E-state index contributed by atoms with van der Waals surface area (Å²) in [6.45, 7) is 6.62. The number of piperidine rings is 1. The summed E-state index contributed by atoms with van der Waals surface area (Å²) in [7, 11) is 0. The summed E-state index contributed by atoms with van der Waals surface area (Å²) in [4.78, 5) is 20.1. The number of unbranched alkanes of at least 4 members (excludes halogenated alkanes) is 2. The summed E-state index contributed by atoms with van der Waals surface area (Å²) in [5, 5.41) is 1.07. The molecule has 0 unspecified atom stereocenters. The number of aryl methyl sites for hydroxylation is 1. The summed E-state index contributed by atoms with van der Waals surface area (Å²) in [5.74, 6) is 0.428. The Morgan fingerprint density at radius 1 is 1.00 bits per heavy atom. The van der Waals surface area contributed by atoms with E-state index in [1.165, 1.54) is 25.7 Å². The van der Waals surface area contributed by atoms with Crippen LogP contribution in [-0.4, -0.2) is 33.1 Å². The van der Waals surface area contributed by atoms with Gasteiger partial charge in [-0.25, -0.2) is 4.98 Å². The van der Waals surface area contributed by atoms with Gasteiger partial charge in [0.1, 0.15) is 5.82 Å². The van der Waals surface area contributed by atoms with Crippen LogP contribution < -0.4 is 11.3 Å². The van der Waals surface area contributed by atoms with Crippen LogP contribution in [-0.2, 0) is 6.54 Å². The van der Waals surface area contributed by atoms with E-state index in [1.54, 1.807) is 12.3 Å². The SMILES string of the molecule is C[C@@H]1CCC[C@H](C)N1CCCCCn1c(=O)c(-c2ccnc(N)c2)cc2ccccc21. The molecule has 5 nitrogen and oxygen atoms in total. The number of benzene rings is 1. The quantitative estimate of drug-likeness (QED) is 0.544. The van der Waals surface area contributed by atoms with E-state index >= 15 is 0 Å². The lowest BCUT2D eigenvalue weighted by Crippen LogP contribution is -2.44. The molecular formula is C26H34N4O. The Kier molecular flexibility index (Phi) is 6.71. The third kappa shape index (κ3) is 4.82. The standard InChI is InChI=1S/C26H34N4O/c1-19-9-8-10-20(2)29(19)15-6-3-7-16-30-24-12-5-4-11-22(24)17-23(26(30)31)21-13-14-28-25(27)18-21/h4-5,11-14,17-20H,3,6-10,15-16H2,1-2H3,(H2,27,28)/t19-,20+. The van der Waals surface area contributed by atoms with Crippen molar-refractivity contribution in [1.82, 2.24) is 14.5 Å². The van der Waals surface area contributed by atoms with Crippen molar-refractivity contribution in [3.05, 3.63) is 59.0 Å². The van der Waals surface area contributed by atoms with Crippen LogP contribution >= 0.6 is 0 Å². The molecule has 2 atom stereocenters. The molecule has 1 aliphatic heterocycles. The highest BCUT2D eigenvalue weighted by atomic mass is 16.1. The van der Waals surface area contributed by atoms with Crippen molar-refractivity contribution in [1.29, 1.82) is 0 Å². The highest BCUT2D eigenvalue weighted by molar-refractivity contribution is 5.84. The minimum Gasteiger partial charge on any atom is -0.384 e. The van der Waals surface area contributed by atoms with Gasteiger partial charge in [0.05, 0.1) is 5.52 Å². The number of nitrogens with zero attached hydrogens (tertiary/aromatic N) is 3. The Bertz CT molecular complexity index is 1080. The second-order valence-corrected chi connectivity index (χ2v) is 8.97. The van der Waals surface area contributed by atoms with Gasteiger partial charge in [-0.2, -0.15) is 0 Å². The number of nitrogens with two attached hydrogens (primary N) is 1. The smallest absolute Gasteiger partial charge is 0.258 e. The summed E-state index contributed by atoms with van der Waals surface area (Å²) in [6, 6.07) is 15.1. The Hall–Kier alpha value is -2.66. The van der Waals surface area contributed by atoms with E-state index < -0.39 is 0 Å². The van der Waals surface area contributed by atoms with Crippen molar-refractivity contribution >= 4 is 16.7 Å². The molecule has 5 heteroatoms. The number of likely N-dealkylation sites (tertiary alicyclic amines) is 1. The molecule has 164 valence electrons. The zero-order valence-corrected chi connectivity index (χ0v) is 18.8. The normalized spacial score (nSPS) is 19.7. The van der Waals surface area contributed by atoms with Gasteiger partial charge in [-0.3, -0.25) is 9.69 Å². The first-order valence-electron chi connectivity index (χ1n) is 11.6. The molecule has 1 aromatic carbocycles. The number of nitrogen functional groups attached to an aromatic ring is 1. The average molecular weight is 419 g/mol. The summed E-state index contributed by atoms with van der Waals surface area (Å²) in [6.07, 6.45) is 8.96. The van der Waals surface area contributed by atoms with Crippen molar-refractivity contribution < 1.29 is 0 Å². The number of anilines is 1. The molecule has 1 fully saturated rings. The van der Waals surface area contributed by atoms with Crippen molar-refractivity contribution in [2.75, 3.05) is 12.3 Å². The molecule has 4 rings (SSSR count). The monoisotopic (exact) mass is 418 g/mol. The Labute approximate surface area is 184 Å². The van der Waals surface area contributed by atoms with Crippen LogP contribution in [0.3, 0.4) is 0 Å². The van der Waals surface area contributed by atoms with E-state index in [0.29, 0.717) is 23.5 Å². The van der Waals surface area contributed by atoms with Crippen LogP contribution in [0, 0.1) is 0 Å². The lowest BCUT2D eigenvalue weighted by molar-refractivity contribution is 0.101. The minimum absolute atomic E-state index is 0.0441. The van der Waals surface area contributed by atoms with E-state index in [1.807, 2.05) is 34.9 Å². The van der Waals surface area contributed by atoms with E-state index in [0.717, 1.165) is 42.4 Å². The van der Waals surface area contributed by atoms with Gasteiger partial charge >= 0.3 is 0 Å². The molecule has 2 aromatic heterocycles. The van der Waals surface area contributed by atoms with E-state index in [2.05, 4.69) is 29.8 Å². The maximum atomic E-state index is 13.4. The van der Waals surface area contributed by atoms with Crippen molar-refractivity contribution in [2.45, 2.75) is 71.0 Å². The largest absolute Gasteiger partial charge is 0.384 e. The number of fused-ring (bicyclic) bond motifs is 1. The molecule has 0 amide bonds. The fraction of sp³-hybridized carbons (Fsp3) is 0.462. The molecule has 3 heterocycles. The van der Waals surface area contributed by atoms with Crippen molar-refractivity contribution in [3.63, 3.8) is 0 Å². The van der Waals surface area contributed by atoms with Crippen molar-refractivity contribution in [2.24, 2.45) is 0 Å². The Morgan fingerprint density at radius 2 is 1.74 bits per heavy atom. The third-order valence-electron chi connectivity index (χ3n) is 6.77. The van der Waals surface area contributed by atoms with Gasteiger partial charge in [0.2, 0.25) is 0 Å². The van der Waals surface area contributed by atoms with Gasteiger partial charge in [-0.15, -0.1) is 0 Å². The van der Waals surface area contributed by atoms with Crippen LogP contribution in [0.5, 0.6) is 0 Å². The van der Waals surface area contributed by atoms with Crippen LogP contribution in [0.25, 0.3) is 22.0 Å². The zero-order chi connectivity index (χ0) is 21.8. The van der Waals surface area contributed by atoms with Crippen molar-refractivity contribution in [3.8, 4) is 11.1 Å². The van der Waals surface area contributed by atoms with Crippen LogP contribution in [0.2, 0.25) is 0 Å². The van der Waals surface area contributed by atoms with Gasteiger partial charge in [-0.05, 0) is 81.3 Å². The molecule has 0 spiro atoms. The second kappa shape index (κ2) is 9.65. The molecule has 2 N–H and O–H groups in total. The summed E-state index contributed by atoms with van der Waals surface area (Å²) >= 11 is 0. The maximum absolute atomic E-state index is 13.4. The average Bonchev–Trinajstić information content (AvgIpc) is 2.76. The Morgan fingerprint density at radius 3 is 2.52 bits per heavy atom. The first-order valence-corrected chi connectivity index (χ1v) is 11.6. The second-order valence-electron chi connectivity index (χ2n) is 8.97. The number of aromatic nitrogens is 2. The number of hydrogen-bond acceptors (Lipinski definition) is 4. The van der Waals surface area contributed by atoms with Gasteiger partial charge < -0.3 is 10.3 Å². The summed E-state index contributed by atoms with van der Waals surface area (Å²) < 4.78 is 1.94. The van der Waals surface area contributed by atoms with Crippen LogP contribution in [0.15, 0.2) is 53.5 Å². The van der Waals surface area contributed by atoms with E-state index in [-0.39, 0.29) is 5.56 Å². The molecule has 1 saturated heterocycles. The lowest BCUT2D eigenvalue weighted by atomic mass is 9.97. The predicted molar refractivity (Wildman–Crippen MR) is 129 cm³/mol. The fourth-order valence-corrected chi connectivity index (χ4v) is 5.03. The van der Waals surface area contributed by atoms with Gasteiger partial charge in [-0.1, -0.05) is 31.0 Å². The van der Waals surface area contributed by atoms with Gasteiger partial charge in [0.15, 0.2) is 0 Å². The predicted octanol–water partition coefficient (Wildman–Crippen LogP) is 5.08. The molecule has 0 aliphatic carbocycles. The molecular weight excluding hydrogens is 384 g/mol. The topological polar surface area (TPSA) is 64.2 Å². The maximum Gasteiger partial charge on any atom is 0.258 e. The molecule has 0 bridgehead atoms. The molecule has 3 aromatic rings. The Balaban J connectivity index is 1.49. The minimum atomic E-state index is 0.0441. The highest BCUT2D eigenvalue weighted by Gasteiger charge is 2.23. The molecule has 0 saturated carbocycles. The van der Waals surface area contributed by atoms with Crippen LogP contribution in [0.4, 0.5) is 5.82 Å². The van der Waals surface area contributed by atoms with Gasteiger partial charge in [0, 0.05) is 30.4 Å². The zero-order valence-electron chi connectivity index (χ0n) is 18.8. The highest BCUT2D eigenvalue weighted by Crippen LogP contribution is 2.24. The number of rotatable bonds is 7. The molecule has 0 radical (unpaired) electrons. The lowest BCUT2D eigenvalue weighted by Gasteiger charge is -2.39. The fourth-order valence-electron chi connectivity index (χ4n) is 5.03. The molecule has 31 heavy (non-hydrogen) atoms. The summed E-state index contributed by atoms with van der Waals surface area (Å²) in [5.41, 5.74) is 8.42. The van der Waals surface area contributed by atoms with Gasteiger partial charge in [0.25, 0.3) is 5.56 Å². The van der Waals surface area contributed by atoms with Crippen LogP contribution in [0.1, 0.15) is 52.4 Å². The van der Waals surface area contributed by atoms with E-state index in [9.17, 15) is 4.79 Å². The number of hydrogen-bond donors (Lipinski definition) is 1.